The maximum absolute atomic E-state index is 11.1. The van der Waals surface area contributed by atoms with Gasteiger partial charge < -0.3 is 9.47 Å². The molecule has 0 amide bonds. The summed E-state index contributed by atoms with van der Waals surface area (Å²) in [7, 11) is 0. The molecule has 58 valence electrons. The summed E-state index contributed by atoms with van der Waals surface area (Å²) < 4.78 is 10.4. The van der Waals surface area contributed by atoms with Gasteiger partial charge in [-0.1, -0.05) is 12.2 Å². The maximum Gasteiger partial charge on any atom is 0.312 e. The summed E-state index contributed by atoms with van der Waals surface area (Å²) in [6.07, 6.45) is 4.17. The molecule has 0 aromatic rings. The van der Waals surface area contributed by atoms with Gasteiger partial charge in [0.2, 0.25) is 0 Å². The first-order chi connectivity index (χ1) is 5.36. The molecule has 3 rings (SSSR count). The minimum Gasteiger partial charge on any atom is -0.465 e. The van der Waals surface area contributed by atoms with E-state index in [4.69, 9.17) is 9.47 Å². The van der Waals surface area contributed by atoms with Gasteiger partial charge in [0.05, 0.1) is 24.7 Å². The van der Waals surface area contributed by atoms with E-state index in [0.717, 1.165) is 0 Å². The van der Waals surface area contributed by atoms with Crippen molar-refractivity contribution in [1.29, 1.82) is 0 Å². The van der Waals surface area contributed by atoms with Crippen molar-refractivity contribution in [3.63, 3.8) is 0 Å². The van der Waals surface area contributed by atoms with Crippen molar-refractivity contribution in [2.45, 2.75) is 12.2 Å². The molecule has 0 aromatic carbocycles. The van der Waals surface area contributed by atoms with Crippen LogP contribution < -0.4 is 0 Å². The zero-order chi connectivity index (χ0) is 7.42. The summed E-state index contributed by atoms with van der Waals surface area (Å²) in [5.41, 5.74) is 0. The van der Waals surface area contributed by atoms with Gasteiger partial charge in [0, 0.05) is 5.92 Å². The summed E-state index contributed by atoms with van der Waals surface area (Å²) in [6.45, 7) is 0.551. The highest BCUT2D eigenvalue weighted by Crippen LogP contribution is 2.42. The van der Waals surface area contributed by atoms with E-state index >= 15 is 0 Å². The third kappa shape index (κ3) is 0.554. The molecule has 4 atom stereocenters. The van der Waals surface area contributed by atoms with E-state index in [1.54, 1.807) is 0 Å². The number of hydrogen-bond acceptors (Lipinski definition) is 3. The van der Waals surface area contributed by atoms with Crippen LogP contribution in [0.3, 0.4) is 0 Å². The van der Waals surface area contributed by atoms with E-state index < -0.39 is 0 Å². The van der Waals surface area contributed by atoms with Crippen molar-refractivity contribution in [2.24, 2.45) is 11.8 Å². The molecule has 2 fully saturated rings. The number of cyclic esters (lactones) is 1. The lowest BCUT2D eigenvalue weighted by atomic mass is 9.86. The van der Waals surface area contributed by atoms with Crippen LogP contribution in [0.4, 0.5) is 0 Å². The Kier molecular flexibility index (Phi) is 0.874. The Balaban J connectivity index is 2.03. The Morgan fingerprint density at radius 1 is 1.36 bits per heavy atom. The molecular formula is C8H8O3. The molecular weight excluding hydrogens is 144 g/mol. The summed E-state index contributed by atoms with van der Waals surface area (Å²) in [5.74, 6) is 0.231. The summed E-state index contributed by atoms with van der Waals surface area (Å²) in [6, 6.07) is 0. The lowest BCUT2D eigenvalue weighted by Gasteiger charge is -2.09. The first-order valence-corrected chi connectivity index (χ1v) is 3.87. The SMILES string of the molecule is O=C1OC[C@@H]2[C@@H]1[C@@H]1C=C[C@H]2O1. The van der Waals surface area contributed by atoms with Gasteiger partial charge in [-0.2, -0.15) is 0 Å². The van der Waals surface area contributed by atoms with Gasteiger partial charge in [0.1, 0.15) is 0 Å². The van der Waals surface area contributed by atoms with E-state index in [1.807, 2.05) is 12.2 Å². The van der Waals surface area contributed by atoms with Crippen molar-refractivity contribution >= 4 is 5.97 Å². The number of esters is 1. The lowest BCUT2D eigenvalue weighted by molar-refractivity contribution is -0.143. The van der Waals surface area contributed by atoms with Crippen molar-refractivity contribution in [3.8, 4) is 0 Å². The van der Waals surface area contributed by atoms with Crippen molar-refractivity contribution < 1.29 is 14.3 Å². The first kappa shape index (κ1) is 5.77. The highest BCUT2D eigenvalue weighted by atomic mass is 16.6. The first-order valence-electron chi connectivity index (χ1n) is 3.87. The maximum atomic E-state index is 11.1. The van der Waals surface area contributed by atoms with E-state index in [9.17, 15) is 4.79 Å². The van der Waals surface area contributed by atoms with E-state index in [2.05, 4.69) is 0 Å². The van der Waals surface area contributed by atoms with E-state index in [0.29, 0.717) is 12.5 Å². The predicted octanol–water partition coefficient (Wildman–Crippen LogP) is 0.113. The summed E-state index contributed by atoms with van der Waals surface area (Å²) >= 11 is 0. The molecule has 3 aliphatic heterocycles. The second-order valence-electron chi connectivity index (χ2n) is 3.27. The topological polar surface area (TPSA) is 35.5 Å². The number of carbonyl (C=O) groups is 1. The number of carbonyl (C=O) groups excluding carboxylic acids is 1. The van der Waals surface area contributed by atoms with Gasteiger partial charge >= 0.3 is 5.97 Å². The second kappa shape index (κ2) is 1.67. The quantitative estimate of drug-likeness (QED) is 0.365. The van der Waals surface area contributed by atoms with E-state index in [-0.39, 0.29) is 24.1 Å². The van der Waals surface area contributed by atoms with Gasteiger partial charge in [-0.3, -0.25) is 4.79 Å². The van der Waals surface area contributed by atoms with Gasteiger partial charge in [-0.25, -0.2) is 0 Å². The molecule has 0 saturated carbocycles. The summed E-state index contributed by atoms with van der Waals surface area (Å²) in [5, 5.41) is 0. The molecule has 0 spiro atoms. The minimum atomic E-state index is -0.0770. The largest absolute Gasteiger partial charge is 0.465 e. The smallest absolute Gasteiger partial charge is 0.312 e. The van der Waals surface area contributed by atoms with E-state index in [1.165, 1.54) is 0 Å². The third-order valence-corrected chi connectivity index (χ3v) is 2.73. The fourth-order valence-corrected chi connectivity index (χ4v) is 2.17. The van der Waals surface area contributed by atoms with Gasteiger partial charge in [0.25, 0.3) is 0 Å². The van der Waals surface area contributed by atoms with Crippen molar-refractivity contribution in [2.75, 3.05) is 6.61 Å². The van der Waals surface area contributed by atoms with Crippen LogP contribution in [0, 0.1) is 11.8 Å². The highest BCUT2D eigenvalue weighted by molar-refractivity contribution is 5.77. The normalized spacial score (nSPS) is 51.5. The molecule has 3 nitrogen and oxygen atoms in total. The second-order valence-corrected chi connectivity index (χ2v) is 3.27. The van der Waals surface area contributed by atoms with Crippen LogP contribution in [0.1, 0.15) is 0 Å². The van der Waals surface area contributed by atoms with Crippen molar-refractivity contribution in [1.82, 2.24) is 0 Å². The Bertz CT molecular complexity index is 246. The van der Waals surface area contributed by atoms with Crippen LogP contribution in [0.15, 0.2) is 12.2 Å². The van der Waals surface area contributed by atoms with Gasteiger partial charge in [-0.05, 0) is 0 Å². The zero-order valence-electron chi connectivity index (χ0n) is 5.90. The van der Waals surface area contributed by atoms with Crippen LogP contribution in [-0.2, 0) is 14.3 Å². The van der Waals surface area contributed by atoms with Crippen LogP contribution in [0.5, 0.6) is 0 Å². The van der Waals surface area contributed by atoms with Crippen molar-refractivity contribution in [3.05, 3.63) is 12.2 Å². The molecule has 0 unspecified atom stereocenters. The third-order valence-electron chi connectivity index (χ3n) is 2.73. The fraction of sp³-hybridized carbons (Fsp3) is 0.625. The predicted molar refractivity (Wildman–Crippen MR) is 35.7 cm³/mol. The van der Waals surface area contributed by atoms with Crippen LogP contribution in [0.25, 0.3) is 0 Å². The van der Waals surface area contributed by atoms with Crippen LogP contribution in [-0.4, -0.2) is 24.8 Å². The minimum absolute atomic E-state index is 0.00463. The Hall–Kier alpha value is -0.830. The molecule has 2 saturated heterocycles. The number of ether oxygens (including phenoxy) is 2. The monoisotopic (exact) mass is 152 g/mol. The zero-order valence-corrected chi connectivity index (χ0v) is 5.90. The standard InChI is InChI=1S/C8H8O3/c9-8-7-4(3-10-8)5-1-2-6(7)11-5/h1-2,4-7H,3H2/t4-,5+,6-,7+/m0/s1. The Morgan fingerprint density at radius 3 is 3.00 bits per heavy atom. The molecule has 3 heterocycles. The van der Waals surface area contributed by atoms with Gasteiger partial charge in [0.15, 0.2) is 0 Å². The number of hydrogen-bond donors (Lipinski definition) is 0. The van der Waals surface area contributed by atoms with Crippen LogP contribution >= 0.6 is 0 Å². The summed E-state index contributed by atoms with van der Waals surface area (Å²) in [4.78, 5) is 11.1. The fourth-order valence-electron chi connectivity index (χ4n) is 2.17. The Labute approximate surface area is 64.0 Å². The molecule has 11 heavy (non-hydrogen) atoms. The highest BCUT2D eigenvalue weighted by Gasteiger charge is 2.54. The number of rotatable bonds is 0. The molecule has 3 aliphatic rings. The van der Waals surface area contributed by atoms with Crippen LogP contribution in [0.2, 0.25) is 0 Å². The molecule has 0 aromatic heterocycles. The molecule has 2 bridgehead atoms. The Morgan fingerprint density at radius 2 is 2.18 bits per heavy atom. The molecule has 3 heteroatoms. The lowest BCUT2D eigenvalue weighted by Crippen LogP contribution is -2.24. The average Bonchev–Trinajstić information content (AvgIpc) is 2.60. The molecule has 0 N–H and O–H groups in total. The molecule has 0 radical (unpaired) electrons. The number of fused-ring (bicyclic) bond motifs is 5. The van der Waals surface area contributed by atoms with Gasteiger partial charge in [-0.15, -0.1) is 0 Å². The average molecular weight is 152 g/mol. The molecule has 0 aliphatic carbocycles.